The maximum Gasteiger partial charge on any atom is 0.220 e. The average molecular weight is 367 g/mol. The maximum absolute atomic E-state index is 13.5. The van der Waals surface area contributed by atoms with Gasteiger partial charge in [0.25, 0.3) is 0 Å². The van der Waals surface area contributed by atoms with Crippen molar-refractivity contribution < 1.29 is 18.4 Å². The summed E-state index contributed by atoms with van der Waals surface area (Å²) in [5.74, 6) is -1.98. The highest BCUT2D eigenvalue weighted by Crippen LogP contribution is 2.27. The fourth-order valence-electron chi connectivity index (χ4n) is 3.19. The van der Waals surface area contributed by atoms with Gasteiger partial charge < -0.3 is 16.0 Å². The summed E-state index contributed by atoms with van der Waals surface area (Å²) in [6.45, 7) is 3.96. The van der Waals surface area contributed by atoms with Crippen LogP contribution in [0.25, 0.3) is 0 Å². The molecule has 2 amide bonds. The second-order valence-corrected chi connectivity index (χ2v) is 6.65. The molecule has 1 aliphatic heterocycles. The number of amides is 2. The quantitative estimate of drug-likeness (QED) is 0.660. The summed E-state index contributed by atoms with van der Waals surface area (Å²) in [6, 6.07) is 3.73. The number of hydrogen-bond acceptors (Lipinski definition) is 3. The lowest BCUT2D eigenvalue weighted by Gasteiger charge is -2.33. The summed E-state index contributed by atoms with van der Waals surface area (Å²) in [7, 11) is 0. The first-order valence-corrected chi connectivity index (χ1v) is 9.23. The molecule has 2 atom stereocenters. The predicted molar refractivity (Wildman–Crippen MR) is 95.7 cm³/mol. The molecule has 1 heterocycles. The fourth-order valence-corrected chi connectivity index (χ4v) is 3.19. The first kappa shape index (κ1) is 20.3. The SMILES string of the molecule is CCCNC(=O)CCCC(=O)NC1CNCCC1c1ccc(F)c(F)c1. The summed E-state index contributed by atoms with van der Waals surface area (Å²) in [5.41, 5.74) is 0.689. The second-order valence-electron chi connectivity index (χ2n) is 6.65. The number of benzene rings is 1. The zero-order valence-electron chi connectivity index (χ0n) is 15.1. The number of piperidine rings is 1. The van der Waals surface area contributed by atoms with Gasteiger partial charge in [-0.2, -0.15) is 0 Å². The minimum absolute atomic E-state index is 0.0429. The standard InChI is InChI=1S/C19H27F2N3O2/c1-2-9-23-18(25)4-3-5-19(26)24-17-12-22-10-8-14(17)13-6-7-15(20)16(21)11-13/h6-7,11,14,17,22H,2-5,8-10,12H2,1H3,(H,23,25)(H,24,26). The molecule has 144 valence electrons. The molecule has 0 aliphatic carbocycles. The van der Waals surface area contributed by atoms with Gasteiger partial charge in [0.05, 0.1) is 0 Å². The van der Waals surface area contributed by atoms with Gasteiger partial charge in [-0.1, -0.05) is 13.0 Å². The molecule has 3 N–H and O–H groups in total. The molecule has 0 radical (unpaired) electrons. The lowest BCUT2D eigenvalue weighted by atomic mass is 9.86. The van der Waals surface area contributed by atoms with Crippen LogP contribution in [-0.2, 0) is 9.59 Å². The molecule has 1 aromatic carbocycles. The van der Waals surface area contributed by atoms with Gasteiger partial charge in [-0.25, -0.2) is 8.78 Å². The van der Waals surface area contributed by atoms with E-state index in [1.807, 2.05) is 6.92 Å². The van der Waals surface area contributed by atoms with Crippen LogP contribution in [0.3, 0.4) is 0 Å². The van der Waals surface area contributed by atoms with Gasteiger partial charge >= 0.3 is 0 Å². The maximum atomic E-state index is 13.5. The van der Waals surface area contributed by atoms with Crippen molar-refractivity contribution in [1.29, 1.82) is 0 Å². The van der Waals surface area contributed by atoms with E-state index in [0.717, 1.165) is 25.5 Å². The Hall–Kier alpha value is -2.02. The Morgan fingerprint density at radius 3 is 2.69 bits per heavy atom. The number of carbonyl (C=O) groups excluding carboxylic acids is 2. The molecule has 1 saturated heterocycles. The van der Waals surface area contributed by atoms with Crippen LogP contribution in [0.2, 0.25) is 0 Å². The molecule has 26 heavy (non-hydrogen) atoms. The second kappa shape index (κ2) is 10.2. The fraction of sp³-hybridized carbons (Fsp3) is 0.579. The van der Waals surface area contributed by atoms with Crippen LogP contribution in [-0.4, -0.2) is 37.5 Å². The first-order valence-electron chi connectivity index (χ1n) is 9.23. The van der Waals surface area contributed by atoms with Crippen molar-refractivity contribution in [3.63, 3.8) is 0 Å². The van der Waals surface area contributed by atoms with E-state index in [2.05, 4.69) is 16.0 Å². The third-order valence-electron chi connectivity index (χ3n) is 4.58. The minimum atomic E-state index is -0.871. The molecule has 1 aromatic rings. The van der Waals surface area contributed by atoms with Crippen LogP contribution in [0.1, 0.15) is 50.5 Å². The normalized spacial score (nSPS) is 19.8. The highest BCUT2D eigenvalue weighted by molar-refractivity contribution is 5.79. The van der Waals surface area contributed by atoms with Crippen LogP contribution >= 0.6 is 0 Å². The van der Waals surface area contributed by atoms with E-state index in [1.54, 1.807) is 6.07 Å². The molecule has 1 fully saturated rings. The molecule has 2 unspecified atom stereocenters. The summed E-state index contributed by atoms with van der Waals surface area (Å²) < 4.78 is 26.7. The van der Waals surface area contributed by atoms with Crippen molar-refractivity contribution in [2.24, 2.45) is 0 Å². The van der Waals surface area contributed by atoms with Crippen molar-refractivity contribution >= 4 is 11.8 Å². The Bertz CT molecular complexity index is 625. The van der Waals surface area contributed by atoms with E-state index >= 15 is 0 Å². The van der Waals surface area contributed by atoms with Crippen LogP contribution in [0.4, 0.5) is 8.78 Å². The highest BCUT2D eigenvalue weighted by Gasteiger charge is 2.28. The summed E-state index contributed by atoms with van der Waals surface area (Å²) in [6.07, 6.45) is 2.68. The Kier molecular flexibility index (Phi) is 7.97. The Morgan fingerprint density at radius 1 is 1.19 bits per heavy atom. The lowest BCUT2D eigenvalue weighted by molar-refractivity contribution is -0.123. The van der Waals surface area contributed by atoms with Gasteiger partial charge in [0.2, 0.25) is 11.8 Å². The van der Waals surface area contributed by atoms with Crippen molar-refractivity contribution in [3.05, 3.63) is 35.4 Å². The summed E-state index contributed by atoms with van der Waals surface area (Å²) >= 11 is 0. The number of hydrogen-bond donors (Lipinski definition) is 3. The molecule has 0 saturated carbocycles. The monoisotopic (exact) mass is 367 g/mol. The molecule has 0 aromatic heterocycles. The largest absolute Gasteiger partial charge is 0.356 e. The molecular formula is C19H27F2N3O2. The van der Waals surface area contributed by atoms with Crippen LogP contribution < -0.4 is 16.0 Å². The van der Waals surface area contributed by atoms with Gasteiger partial charge in [-0.05, 0) is 43.5 Å². The third-order valence-corrected chi connectivity index (χ3v) is 4.58. The van der Waals surface area contributed by atoms with E-state index in [4.69, 9.17) is 0 Å². The Labute approximate surface area is 152 Å². The number of rotatable bonds is 8. The number of halogens is 2. The van der Waals surface area contributed by atoms with Gasteiger partial charge in [-0.3, -0.25) is 9.59 Å². The van der Waals surface area contributed by atoms with Crippen molar-refractivity contribution in [1.82, 2.24) is 16.0 Å². The van der Waals surface area contributed by atoms with E-state index in [-0.39, 0.29) is 30.2 Å². The van der Waals surface area contributed by atoms with Crippen LogP contribution in [0, 0.1) is 11.6 Å². The van der Waals surface area contributed by atoms with E-state index in [1.165, 1.54) is 6.07 Å². The van der Waals surface area contributed by atoms with Crippen LogP contribution in [0.5, 0.6) is 0 Å². The summed E-state index contributed by atoms with van der Waals surface area (Å²) in [4.78, 5) is 23.8. The van der Waals surface area contributed by atoms with Crippen molar-refractivity contribution in [3.8, 4) is 0 Å². The van der Waals surface area contributed by atoms with E-state index < -0.39 is 11.6 Å². The molecule has 1 aliphatic rings. The first-order chi connectivity index (χ1) is 12.5. The Morgan fingerprint density at radius 2 is 1.96 bits per heavy atom. The number of nitrogens with one attached hydrogen (secondary N) is 3. The van der Waals surface area contributed by atoms with Crippen LogP contribution in [0.15, 0.2) is 18.2 Å². The topological polar surface area (TPSA) is 70.2 Å². The summed E-state index contributed by atoms with van der Waals surface area (Å²) in [5, 5.41) is 8.96. The molecule has 7 heteroatoms. The average Bonchev–Trinajstić information content (AvgIpc) is 2.63. The smallest absolute Gasteiger partial charge is 0.220 e. The van der Waals surface area contributed by atoms with Gasteiger partial charge in [0.1, 0.15) is 0 Å². The molecule has 5 nitrogen and oxygen atoms in total. The Balaban J connectivity index is 1.86. The molecule has 0 spiro atoms. The van der Waals surface area contributed by atoms with Gasteiger partial charge in [0.15, 0.2) is 11.6 Å². The third kappa shape index (κ3) is 6.05. The molecular weight excluding hydrogens is 340 g/mol. The van der Waals surface area contributed by atoms with Crippen molar-refractivity contribution in [2.45, 2.75) is 51.0 Å². The van der Waals surface area contributed by atoms with Crippen molar-refractivity contribution in [2.75, 3.05) is 19.6 Å². The van der Waals surface area contributed by atoms with Gasteiger partial charge in [-0.15, -0.1) is 0 Å². The highest BCUT2D eigenvalue weighted by atomic mass is 19.2. The molecule has 0 bridgehead atoms. The van der Waals surface area contributed by atoms with Gasteiger partial charge in [0, 0.05) is 37.9 Å². The lowest BCUT2D eigenvalue weighted by Crippen LogP contribution is -2.50. The van der Waals surface area contributed by atoms with E-state index in [9.17, 15) is 18.4 Å². The number of carbonyl (C=O) groups is 2. The minimum Gasteiger partial charge on any atom is -0.356 e. The zero-order chi connectivity index (χ0) is 18.9. The predicted octanol–water partition coefficient (Wildman–Crippen LogP) is 2.22. The zero-order valence-corrected chi connectivity index (χ0v) is 15.1. The molecule has 2 rings (SSSR count). The van der Waals surface area contributed by atoms with E-state index in [0.29, 0.717) is 31.5 Å².